The van der Waals surface area contributed by atoms with Gasteiger partial charge < -0.3 is 9.82 Å². The number of nitrogens with zero attached hydrogens (tertiary/aromatic N) is 1. The Morgan fingerprint density at radius 2 is 1.64 bits per heavy atom. The molecule has 5 rings (SSSR count). The van der Waals surface area contributed by atoms with Crippen LogP contribution < -0.4 is 0 Å². The van der Waals surface area contributed by atoms with E-state index >= 15 is 0 Å². The van der Waals surface area contributed by atoms with E-state index in [1.165, 1.54) is 0 Å². The van der Waals surface area contributed by atoms with Gasteiger partial charge in [0.1, 0.15) is 0 Å². The highest BCUT2D eigenvalue weighted by Crippen LogP contribution is 2.76. The number of Topliss-reactive ketones (excluding diaryl/α,β-unsaturated/α-hetero) is 1. The van der Waals surface area contributed by atoms with Crippen molar-refractivity contribution in [1.82, 2.24) is 0 Å². The fraction of sp³-hybridized carbons (Fsp3) is 0.774. The molecule has 7 atom stereocenters. The molecule has 0 saturated heterocycles. The standard InChI is InChI=1S/C31H44BNO3/c1-26(2)12-14-31(32(8)36)15-13-30(7)24(19(31)17-26)21(34)16-23-28(5)18-20(33-9)25(35)27(3,4)22(28)10-11-29(23,30)6/h16,18-19,22,24,36H,10-15,17H2,1-8H3/t19-,22-,24-,28-,29+,30+,31-/m0/s1. The number of fused-ring (bicyclic) bond motifs is 7. The highest BCUT2D eigenvalue weighted by molar-refractivity contribution is 6.53. The van der Waals surface area contributed by atoms with Crippen molar-refractivity contribution in [2.24, 2.45) is 44.8 Å². The maximum atomic E-state index is 14.3. The Morgan fingerprint density at radius 3 is 2.25 bits per heavy atom. The Hall–Kier alpha value is -1.67. The van der Waals surface area contributed by atoms with Gasteiger partial charge in [0, 0.05) is 16.7 Å². The summed E-state index contributed by atoms with van der Waals surface area (Å²) < 4.78 is 0. The molecule has 0 heterocycles. The molecule has 4 nitrogen and oxygen atoms in total. The van der Waals surface area contributed by atoms with Crippen LogP contribution in [0.3, 0.4) is 0 Å². The van der Waals surface area contributed by atoms with E-state index in [-0.39, 0.29) is 56.6 Å². The second kappa shape index (κ2) is 7.46. The lowest BCUT2D eigenvalue weighted by Crippen LogP contribution is -2.65. The van der Waals surface area contributed by atoms with E-state index in [1.54, 1.807) is 0 Å². The first-order valence-corrected chi connectivity index (χ1v) is 14.1. The van der Waals surface area contributed by atoms with Gasteiger partial charge in [-0.05, 0) is 71.6 Å². The van der Waals surface area contributed by atoms with Gasteiger partial charge in [-0.2, -0.15) is 0 Å². The van der Waals surface area contributed by atoms with Gasteiger partial charge in [-0.15, -0.1) is 0 Å². The molecule has 0 aromatic heterocycles. The lowest BCUT2D eigenvalue weighted by Gasteiger charge is -2.69. The number of rotatable bonds is 1. The molecule has 0 aliphatic heterocycles. The summed E-state index contributed by atoms with van der Waals surface area (Å²) in [5, 5.41) is 10.9. The molecule has 0 aromatic rings. The average molecular weight is 490 g/mol. The predicted octanol–water partition coefficient (Wildman–Crippen LogP) is 6.93. The summed E-state index contributed by atoms with van der Waals surface area (Å²) in [5.74, 6) is 0.304. The number of allylic oxidation sites excluding steroid dienone is 4. The number of carbonyl (C=O) groups is 2. The molecule has 3 saturated carbocycles. The minimum atomic E-state index is -0.631. The van der Waals surface area contributed by atoms with Crippen molar-refractivity contribution in [3.63, 3.8) is 0 Å². The Kier molecular flexibility index (Phi) is 5.38. The first-order chi connectivity index (χ1) is 16.5. The van der Waals surface area contributed by atoms with Crippen molar-refractivity contribution in [1.29, 1.82) is 0 Å². The Bertz CT molecular complexity index is 1140. The minimum Gasteiger partial charge on any atom is -0.450 e. The molecule has 0 amide bonds. The summed E-state index contributed by atoms with van der Waals surface area (Å²) in [7, 11) is 0. The number of hydrogen-bond donors (Lipinski definition) is 1. The van der Waals surface area contributed by atoms with Gasteiger partial charge in [0.15, 0.2) is 11.6 Å². The summed E-state index contributed by atoms with van der Waals surface area (Å²) in [6.07, 6.45) is 10.7. The predicted molar refractivity (Wildman–Crippen MR) is 144 cm³/mol. The lowest BCUT2D eigenvalue weighted by molar-refractivity contribution is -0.154. The van der Waals surface area contributed by atoms with Crippen LogP contribution in [0.2, 0.25) is 12.1 Å². The van der Waals surface area contributed by atoms with Gasteiger partial charge >= 0.3 is 0 Å². The summed E-state index contributed by atoms with van der Waals surface area (Å²) in [4.78, 5) is 31.2. The fourth-order valence-corrected chi connectivity index (χ4v) is 10.4. The van der Waals surface area contributed by atoms with E-state index in [0.29, 0.717) is 0 Å². The van der Waals surface area contributed by atoms with E-state index in [4.69, 9.17) is 6.57 Å². The molecule has 1 N–H and O–H groups in total. The Labute approximate surface area is 218 Å². The molecule has 0 radical (unpaired) electrons. The third-order valence-corrected chi connectivity index (χ3v) is 12.7. The van der Waals surface area contributed by atoms with Crippen molar-refractivity contribution in [3.8, 4) is 0 Å². The zero-order valence-electron chi connectivity index (χ0n) is 23.6. The molecule has 0 aromatic carbocycles. The largest absolute Gasteiger partial charge is 0.450 e. The van der Waals surface area contributed by atoms with Gasteiger partial charge in [0.2, 0.25) is 5.70 Å². The molecule has 3 fully saturated rings. The third kappa shape index (κ3) is 2.97. The summed E-state index contributed by atoms with van der Waals surface area (Å²) in [5.41, 5.74) is 0.0224. The topological polar surface area (TPSA) is 58.7 Å². The van der Waals surface area contributed by atoms with Crippen molar-refractivity contribution in [2.45, 2.75) is 106 Å². The quantitative estimate of drug-likeness (QED) is 0.321. The Balaban J connectivity index is 1.70. The second-order valence-corrected chi connectivity index (χ2v) is 15.1. The number of ketones is 2. The van der Waals surface area contributed by atoms with E-state index in [2.05, 4.69) is 39.5 Å². The lowest BCUT2D eigenvalue weighted by atomic mass is 9.27. The van der Waals surface area contributed by atoms with Gasteiger partial charge in [0.05, 0.1) is 6.57 Å². The molecule has 5 aliphatic rings. The van der Waals surface area contributed by atoms with Crippen molar-refractivity contribution in [3.05, 3.63) is 34.8 Å². The van der Waals surface area contributed by atoms with Crippen LogP contribution in [0.25, 0.3) is 4.85 Å². The Morgan fingerprint density at radius 1 is 1.00 bits per heavy atom. The molecular weight excluding hydrogens is 445 g/mol. The molecule has 5 heteroatoms. The first kappa shape index (κ1) is 26.0. The maximum absolute atomic E-state index is 14.3. The summed E-state index contributed by atoms with van der Waals surface area (Å²) in [6.45, 7) is 24.8. The van der Waals surface area contributed by atoms with E-state index < -0.39 is 17.7 Å². The van der Waals surface area contributed by atoms with Gasteiger partial charge in [-0.3, -0.25) is 4.79 Å². The van der Waals surface area contributed by atoms with Crippen molar-refractivity contribution < 1.29 is 14.6 Å². The average Bonchev–Trinajstić information content (AvgIpc) is 2.77. The van der Waals surface area contributed by atoms with Crippen LogP contribution in [0.5, 0.6) is 0 Å². The molecule has 5 aliphatic carbocycles. The van der Waals surface area contributed by atoms with Crippen LogP contribution in [0, 0.1) is 51.4 Å². The van der Waals surface area contributed by atoms with Gasteiger partial charge in [0.25, 0.3) is 6.92 Å². The van der Waals surface area contributed by atoms with Crippen molar-refractivity contribution in [2.75, 3.05) is 0 Å². The number of hydrogen-bond acceptors (Lipinski definition) is 3. The summed E-state index contributed by atoms with van der Waals surface area (Å²) in [6, 6.07) is 0. The molecule has 0 spiro atoms. The monoisotopic (exact) mass is 489 g/mol. The maximum Gasteiger partial charge on any atom is 0.292 e. The smallest absolute Gasteiger partial charge is 0.292 e. The zero-order chi connectivity index (χ0) is 26.7. The van der Waals surface area contributed by atoms with Crippen molar-refractivity contribution >= 4 is 18.5 Å². The zero-order valence-corrected chi connectivity index (χ0v) is 23.6. The number of carbonyl (C=O) groups excluding carboxylic acids is 2. The molecule has 194 valence electrons. The second-order valence-electron chi connectivity index (χ2n) is 15.1. The van der Waals surface area contributed by atoms with E-state index in [0.717, 1.165) is 50.5 Å². The SMILES string of the molecule is [C-]#[N+]C1=C[C@]2(C)C3=CC(=O)[C@@H]4[C@@H]5CC(C)(C)CC[C@]5(B(C)O)CC[C@@]4(C)[C@]3(C)CC[C@H]2C(C)(C)C1=O. The van der Waals surface area contributed by atoms with Gasteiger partial charge in [-0.25, -0.2) is 4.85 Å². The van der Waals surface area contributed by atoms with Crippen LogP contribution in [0.4, 0.5) is 0 Å². The van der Waals surface area contributed by atoms with Crippen LogP contribution in [-0.4, -0.2) is 23.5 Å². The molecule has 0 bridgehead atoms. The minimum absolute atomic E-state index is 0.0563. The van der Waals surface area contributed by atoms with Crippen LogP contribution in [-0.2, 0) is 9.59 Å². The van der Waals surface area contributed by atoms with Crippen LogP contribution >= 0.6 is 0 Å². The van der Waals surface area contributed by atoms with E-state index in [9.17, 15) is 14.6 Å². The molecular formula is C31H44BNO3. The fourth-order valence-electron chi connectivity index (χ4n) is 10.4. The highest BCUT2D eigenvalue weighted by atomic mass is 16.2. The highest BCUT2D eigenvalue weighted by Gasteiger charge is 2.70. The summed E-state index contributed by atoms with van der Waals surface area (Å²) >= 11 is 0. The first-order valence-electron chi connectivity index (χ1n) is 14.1. The molecule has 0 unspecified atom stereocenters. The normalized spacial score (nSPS) is 46.7. The molecule has 36 heavy (non-hydrogen) atoms. The van der Waals surface area contributed by atoms with Gasteiger partial charge in [-0.1, -0.05) is 79.8 Å². The van der Waals surface area contributed by atoms with Crippen LogP contribution in [0.15, 0.2) is 23.4 Å². The van der Waals surface area contributed by atoms with E-state index in [1.807, 2.05) is 32.8 Å². The van der Waals surface area contributed by atoms with Crippen LogP contribution in [0.1, 0.15) is 93.4 Å². The third-order valence-electron chi connectivity index (χ3n) is 12.7.